The third-order valence-corrected chi connectivity index (χ3v) is 3.10. The molecule has 1 saturated heterocycles. The fourth-order valence-electron chi connectivity index (χ4n) is 2.06. The van der Waals surface area contributed by atoms with E-state index in [2.05, 4.69) is 26.8 Å². The second kappa shape index (κ2) is 5.16. The molecule has 1 aromatic rings. The average molecular weight is 237 g/mol. The fraction of sp³-hybridized carbons (Fsp3) is 0.727. The zero-order valence-electron chi connectivity index (χ0n) is 10.4. The molecular weight excluding hydrogens is 218 g/mol. The summed E-state index contributed by atoms with van der Waals surface area (Å²) in [6, 6.07) is 0.282. The summed E-state index contributed by atoms with van der Waals surface area (Å²) >= 11 is 0. The van der Waals surface area contributed by atoms with Crippen LogP contribution in [0.4, 0.5) is 11.9 Å². The highest BCUT2D eigenvalue weighted by molar-refractivity contribution is 5.36. The van der Waals surface area contributed by atoms with Crippen molar-refractivity contribution in [3.63, 3.8) is 0 Å². The third-order valence-electron chi connectivity index (χ3n) is 3.10. The standard InChI is InChI=1S/C11H19N5O/c1-8-4-3-6-16(7-5-8)10-13-9(12)14-11(15-10)17-2/h8H,3-7H2,1-2H3,(H2,12,13,14,15). The van der Waals surface area contributed by atoms with Crippen LogP contribution in [0.5, 0.6) is 6.01 Å². The Kier molecular flexibility index (Phi) is 3.61. The normalized spacial score (nSPS) is 21.1. The number of ether oxygens (including phenoxy) is 1. The van der Waals surface area contributed by atoms with E-state index < -0.39 is 0 Å². The Morgan fingerprint density at radius 3 is 2.82 bits per heavy atom. The zero-order valence-corrected chi connectivity index (χ0v) is 10.4. The number of nitrogen functional groups attached to an aromatic ring is 1. The molecule has 0 radical (unpaired) electrons. The van der Waals surface area contributed by atoms with Crippen molar-refractivity contribution in [2.24, 2.45) is 5.92 Å². The Morgan fingerprint density at radius 1 is 1.24 bits per heavy atom. The van der Waals surface area contributed by atoms with Gasteiger partial charge in [-0.1, -0.05) is 6.92 Å². The molecule has 1 atom stereocenters. The van der Waals surface area contributed by atoms with Crippen LogP contribution in [0.1, 0.15) is 26.2 Å². The smallest absolute Gasteiger partial charge is 0.322 e. The monoisotopic (exact) mass is 237 g/mol. The highest BCUT2D eigenvalue weighted by Crippen LogP contribution is 2.21. The topological polar surface area (TPSA) is 77.2 Å². The Morgan fingerprint density at radius 2 is 2.06 bits per heavy atom. The zero-order chi connectivity index (χ0) is 12.3. The van der Waals surface area contributed by atoms with Gasteiger partial charge in [0, 0.05) is 13.1 Å². The first kappa shape index (κ1) is 11.9. The van der Waals surface area contributed by atoms with Gasteiger partial charge in [0.05, 0.1) is 7.11 Å². The van der Waals surface area contributed by atoms with Crippen LogP contribution in [0.2, 0.25) is 0 Å². The molecular formula is C11H19N5O. The lowest BCUT2D eigenvalue weighted by Crippen LogP contribution is -2.27. The van der Waals surface area contributed by atoms with E-state index in [0.29, 0.717) is 5.95 Å². The molecule has 1 aromatic heterocycles. The first-order valence-corrected chi connectivity index (χ1v) is 5.99. The second-order valence-electron chi connectivity index (χ2n) is 4.50. The van der Waals surface area contributed by atoms with Crippen molar-refractivity contribution >= 4 is 11.9 Å². The van der Waals surface area contributed by atoms with Crippen LogP contribution < -0.4 is 15.4 Å². The first-order valence-electron chi connectivity index (χ1n) is 5.99. The summed E-state index contributed by atoms with van der Waals surface area (Å²) in [5.74, 6) is 1.61. The van der Waals surface area contributed by atoms with Crippen LogP contribution in [0.15, 0.2) is 0 Å². The van der Waals surface area contributed by atoms with E-state index >= 15 is 0 Å². The molecule has 1 aliphatic heterocycles. The summed E-state index contributed by atoms with van der Waals surface area (Å²) in [7, 11) is 1.53. The van der Waals surface area contributed by atoms with Crippen LogP contribution in [0.3, 0.4) is 0 Å². The maximum atomic E-state index is 5.64. The summed E-state index contributed by atoms with van der Waals surface area (Å²) in [5.41, 5.74) is 5.64. The molecule has 0 saturated carbocycles. The summed E-state index contributed by atoms with van der Waals surface area (Å²) < 4.78 is 5.01. The van der Waals surface area contributed by atoms with E-state index in [1.165, 1.54) is 13.5 Å². The molecule has 0 spiro atoms. The van der Waals surface area contributed by atoms with Crippen molar-refractivity contribution in [2.45, 2.75) is 26.2 Å². The van der Waals surface area contributed by atoms with Gasteiger partial charge >= 0.3 is 6.01 Å². The molecule has 0 aliphatic carbocycles. The van der Waals surface area contributed by atoms with E-state index in [4.69, 9.17) is 10.5 Å². The molecule has 2 heterocycles. The number of aromatic nitrogens is 3. The van der Waals surface area contributed by atoms with Gasteiger partial charge in [0.2, 0.25) is 11.9 Å². The van der Waals surface area contributed by atoms with Crippen LogP contribution in [-0.2, 0) is 0 Å². The summed E-state index contributed by atoms with van der Waals surface area (Å²) in [6.45, 7) is 4.22. The van der Waals surface area contributed by atoms with Gasteiger partial charge in [-0.15, -0.1) is 0 Å². The molecule has 1 unspecified atom stereocenters. The minimum atomic E-state index is 0.212. The molecule has 1 aliphatic rings. The maximum Gasteiger partial charge on any atom is 0.322 e. The van der Waals surface area contributed by atoms with Gasteiger partial charge in [-0.05, 0) is 25.2 Å². The second-order valence-corrected chi connectivity index (χ2v) is 4.50. The van der Waals surface area contributed by atoms with E-state index in [-0.39, 0.29) is 12.0 Å². The van der Waals surface area contributed by atoms with Gasteiger partial charge in [0.15, 0.2) is 0 Å². The largest absolute Gasteiger partial charge is 0.467 e. The Labute approximate surface area is 101 Å². The molecule has 6 heteroatoms. The lowest BCUT2D eigenvalue weighted by atomic mass is 10.0. The van der Waals surface area contributed by atoms with Crippen molar-refractivity contribution in [3.05, 3.63) is 0 Å². The predicted molar refractivity (Wildman–Crippen MR) is 66.0 cm³/mol. The molecule has 2 N–H and O–H groups in total. The fourth-order valence-corrected chi connectivity index (χ4v) is 2.06. The number of nitrogens with two attached hydrogens (primary N) is 1. The van der Waals surface area contributed by atoms with Gasteiger partial charge in [-0.25, -0.2) is 0 Å². The van der Waals surface area contributed by atoms with Gasteiger partial charge in [0.1, 0.15) is 0 Å². The lowest BCUT2D eigenvalue weighted by Gasteiger charge is -2.20. The molecule has 1 fully saturated rings. The Hall–Kier alpha value is -1.59. The van der Waals surface area contributed by atoms with Gasteiger partial charge < -0.3 is 15.4 Å². The number of hydrogen-bond donors (Lipinski definition) is 1. The van der Waals surface area contributed by atoms with Crippen molar-refractivity contribution < 1.29 is 4.74 Å². The molecule has 0 amide bonds. The van der Waals surface area contributed by atoms with E-state index in [0.717, 1.165) is 31.8 Å². The van der Waals surface area contributed by atoms with E-state index in [1.54, 1.807) is 0 Å². The van der Waals surface area contributed by atoms with Gasteiger partial charge in [-0.2, -0.15) is 15.0 Å². The minimum Gasteiger partial charge on any atom is -0.467 e. The van der Waals surface area contributed by atoms with Crippen LogP contribution >= 0.6 is 0 Å². The van der Waals surface area contributed by atoms with E-state index in [1.807, 2.05) is 0 Å². The van der Waals surface area contributed by atoms with Crippen LogP contribution in [0.25, 0.3) is 0 Å². The Bertz CT molecular complexity index is 384. The van der Waals surface area contributed by atoms with Crippen LogP contribution in [0, 0.1) is 5.92 Å². The molecule has 94 valence electrons. The van der Waals surface area contributed by atoms with Crippen molar-refractivity contribution in [1.82, 2.24) is 15.0 Å². The van der Waals surface area contributed by atoms with E-state index in [9.17, 15) is 0 Å². The number of nitrogens with zero attached hydrogens (tertiary/aromatic N) is 4. The number of rotatable bonds is 2. The summed E-state index contributed by atoms with van der Waals surface area (Å²) in [6.07, 6.45) is 3.58. The highest BCUT2D eigenvalue weighted by Gasteiger charge is 2.17. The van der Waals surface area contributed by atoms with Crippen LogP contribution in [-0.4, -0.2) is 35.2 Å². The lowest BCUT2D eigenvalue weighted by molar-refractivity contribution is 0.379. The third kappa shape index (κ3) is 2.95. The first-order chi connectivity index (χ1) is 8.19. The quantitative estimate of drug-likeness (QED) is 0.829. The molecule has 0 bridgehead atoms. The van der Waals surface area contributed by atoms with Crippen molar-refractivity contribution in [1.29, 1.82) is 0 Å². The number of methoxy groups -OCH3 is 1. The predicted octanol–water partition coefficient (Wildman–Crippen LogP) is 1.09. The molecule has 2 rings (SSSR count). The van der Waals surface area contributed by atoms with Crippen molar-refractivity contribution in [2.75, 3.05) is 30.8 Å². The molecule has 0 aromatic carbocycles. The number of anilines is 2. The summed E-state index contributed by atoms with van der Waals surface area (Å²) in [4.78, 5) is 14.5. The molecule has 6 nitrogen and oxygen atoms in total. The van der Waals surface area contributed by atoms with Crippen molar-refractivity contribution in [3.8, 4) is 6.01 Å². The number of hydrogen-bond acceptors (Lipinski definition) is 6. The Balaban J connectivity index is 2.17. The average Bonchev–Trinajstić information content (AvgIpc) is 2.53. The summed E-state index contributed by atoms with van der Waals surface area (Å²) in [5, 5.41) is 0. The SMILES string of the molecule is COc1nc(N)nc(N2CCCC(C)CC2)n1. The minimum absolute atomic E-state index is 0.212. The van der Waals surface area contributed by atoms with Gasteiger partial charge in [0.25, 0.3) is 0 Å². The molecule has 17 heavy (non-hydrogen) atoms. The van der Waals surface area contributed by atoms with Gasteiger partial charge in [-0.3, -0.25) is 0 Å². The highest BCUT2D eigenvalue weighted by atomic mass is 16.5. The maximum absolute atomic E-state index is 5.64.